The van der Waals surface area contributed by atoms with E-state index < -0.39 is 0 Å². The number of hydrogen-bond acceptors (Lipinski definition) is 1. The average molecular weight is 139 g/mol. The highest BCUT2D eigenvalue weighted by atomic mass is 35.5. The lowest BCUT2D eigenvalue weighted by Crippen LogP contribution is -2.20. The SMILES string of the molecule is CC(CCl)C(=N)N.O. The van der Waals surface area contributed by atoms with E-state index in [1.54, 1.807) is 0 Å². The van der Waals surface area contributed by atoms with E-state index >= 15 is 0 Å². The highest BCUT2D eigenvalue weighted by Crippen LogP contribution is 1.94. The largest absolute Gasteiger partial charge is 0.412 e. The minimum atomic E-state index is 0. The van der Waals surface area contributed by atoms with Gasteiger partial charge in [-0.05, 0) is 0 Å². The minimum Gasteiger partial charge on any atom is -0.412 e. The lowest BCUT2D eigenvalue weighted by Gasteiger charge is -2.00. The molecule has 0 radical (unpaired) electrons. The van der Waals surface area contributed by atoms with E-state index in [-0.39, 0.29) is 17.2 Å². The third kappa shape index (κ3) is 3.89. The lowest BCUT2D eigenvalue weighted by atomic mass is 10.2. The van der Waals surface area contributed by atoms with Crippen LogP contribution in [0.1, 0.15) is 6.92 Å². The second kappa shape index (κ2) is 4.87. The van der Waals surface area contributed by atoms with Crippen LogP contribution in [0, 0.1) is 11.3 Å². The van der Waals surface area contributed by atoms with Crippen molar-refractivity contribution in [2.45, 2.75) is 6.92 Å². The summed E-state index contributed by atoms with van der Waals surface area (Å²) in [5.41, 5.74) is 5.05. The van der Waals surface area contributed by atoms with Gasteiger partial charge >= 0.3 is 0 Å². The predicted octanol–water partition coefficient (Wildman–Crippen LogP) is -0.0274. The van der Waals surface area contributed by atoms with Gasteiger partial charge in [-0.15, -0.1) is 11.6 Å². The van der Waals surface area contributed by atoms with Gasteiger partial charge in [-0.3, -0.25) is 5.41 Å². The Morgan fingerprint density at radius 3 is 2.25 bits per heavy atom. The fourth-order valence-corrected chi connectivity index (χ4v) is 0.249. The molecular formula is C4H11ClN2O. The highest BCUT2D eigenvalue weighted by Gasteiger charge is 1.99. The van der Waals surface area contributed by atoms with Crippen molar-refractivity contribution in [3.05, 3.63) is 0 Å². The van der Waals surface area contributed by atoms with E-state index in [9.17, 15) is 0 Å². The number of nitrogens with two attached hydrogens (primary N) is 1. The first-order chi connectivity index (χ1) is 3.18. The molecule has 0 fully saturated rings. The Kier molecular flexibility index (Phi) is 6.48. The molecule has 0 saturated heterocycles. The molecule has 0 rings (SSSR count). The van der Waals surface area contributed by atoms with Crippen LogP contribution in [0.25, 0.3) is 0 Å². The van der Waals surface area contributed by atoms with E-state index in [0.717, 1.165) is 0 Å². The summed E-state index contributed by atoms with van der Waals surface area (Å²) >= 11 is 5.33. The van der Waals surface area contributed by atoms with E-state index in [4.69, 9.17) is 22.7 Å². The lowest BCUT2D eigenvalue weighted by molar-refractivity contribution is 0.824. The topological polar surface area (TPSA) is 81.4 Å². The van der Waals surface area contributed by atoms with Crippen LogP contribution in [0.2, 0.25) is 0 Å². The van der Waals surface area contributed by atoms with Crippen LogP contribution in [-0.2, 0) is 0 Å². The molecule has 0 heterocycles. The molecule has 0 aromatic rings. The Hall–Kier alpha value is -0.280. The summed E-state index contributed by atoms with van der Waals surface area (Å²) in [5, 5.41) is 6.79. The maximum absolute atomic E-state index is 6.79. The average Bonchev–Trinajstić information content (AvgIpc) is 1.65. The monoisotopic (exact) mass is 138 g/mol. The van der Waals surface area contributed by atoms with E-state index in [2.05, 4.69) is 0 Å². The number of hydrogen-bond donors (Lipinski definition) is 2. The molecule has 0 aliphatic heterocycles. The molecular weight excluding hydrogens is 128 g/mol. The van der Waals surface area contributed by atoms with Crippen LogP contribution in [-0.4, -0.2) is 17.2 Å². The minimum absolute atomic E-state index is 0. The molecule has 0 bridgehead atoms. The molecule has 50 valence electrons. The quantitative estimate of drug-likeness (QED) is 0.314. The molecule has 0 saturated carbocycles. The van der Waals surface area contributed by atoms with Crippen molar-refractivity contribution in [1.29, 1.82) is 5.41 Å². The van der Waals surface area contributed by atoms with Gasteiger partial charge in [-0.1, -0.05) is 6.92 Å². The Morgan fingerprint density at radius 2 is 2.25 bits per heavy atom. The summed E-state index contributed by atoms with van der Waals surface area (Å²) in [6.45, 7) is 1.81. The molecule has 1 atom stereocenters. The molecule has 0 aliphatic rings. The van der Waals surface area contributed by atoms with Crippen LogP contribution in [0.4, 0.5) is 0 Å². The molecule has 3 nitrogen and oxygen atoms in total. The fraction of sp³-hybridized carbons (Fsp3) is 0.750. The number of halogens is 1. The normalized spacial score (nSPS) is 11.8. The van der Waals surface area contributed by atoms with Crippen LogP contribution >= 0.6 is 11.6 Å². The molecule has 0 amide bonds. The summed E-state index contributed by atoms with van der Waals surface area (Å²) in [5.74, 6) is 0.631. The Morgan fingerprint density at radius 1 is 1.88 bits per heavy atom. The van der Waals surface area contributed by atoms with Crippen LogP contribution in [0.15, 0.2) is 0 Å². The van der Waals surface area contributed by atoms with Crippen molar-refractivity contribution in [3.63, 3.8) is 0 Å². The number of amidine groups is 1. The molecule has 5 N–H and O–H groups in total. The van der Waals surface area contributed by atoms with Gasteiger partial charge in [-0.2, -0.15) is 0 Å². The molecule has 4 heteroatoms. The zero-order chi connectivity index (χ0) is 5.86. The first-order valence-electron chi connectivity index (χ1n) is 2.08. The van der Waals surface area contributed by atoms with Crippen molar-refractivity contribution in [3.8, 4) is 0 Å². The van der Waals surface area contributed by atoms with Crippen molar-refractivity contribution >= 4 is 17.4 Å². The summed E-state index contributed by atoms with van der Waals surface area (Å²) in [6.07, 6.45) is 0. The van der Waals surface area contributed by atoms with E-state index in [1.807, 2.05) is 6.92 Å². The first kappa shape index (κ1) is 10.7. The number of nitrogens with one attached hydrogen (secondary N) is 1. The summed E-state index contributed by atoms with van der Waals surface area (Å²) in [7, 11) is 0. The molecule has 0 aliphatic carbocycles. The molecule has 8 heavy (non-hydrogen) atoms. The zero-order valence-corrected chi connectivity index (χ0v) is 5.50. The third-order valence-corrected chi connectivity index (χ3v) is 1.23. The molecule has 0 aromatic heterocycles. The third-order valence-electron chi connectivity index (χ3n) is 0.762. The second-order valence-corrected chi connectivity index (χ2v) is 1.82. The van der Waals surface area contributed by atoms with Crippen molar-refractivity contribution in [2.24, 2.45) is 11.7 Å². The Labute approximate surface area is 53.6 Å². The van der Waals surface area contributed by atoms with Crippen LogP contribution < -0.4 is 5.73 Å². The van der Waals surface area contributed by atoms with Gasteiger partial charge in [0.2, 0.25) is 0 Å². The number of alkyl halides is 1. The highest BCUT2D eigenvalue weighted by molar-refractivity contribution is 6.19. The van der Waals surface area contributed by atoms with Gasteiger partial charge in [0.15, 0.2) is 0 Å². The van der Waals surface area contributed by atoms with Crippen LogP contribution in [0.3, 0.4) is 0 Å². The van der Waals surface area contributed by atoms with Crippen LogP contribution in [0.5, 0.6) is 0 Å². The van der Waals surface area contributed by atoms with E-state index in [1.165, 1.54) is 0 Å². The molecule has 1 unspecified atom stereocenters. The first-order valence-corrected chi connectivity index (χ1v) is 2.61. The molecule has 0 aromatic carbocycles. The van der Waals surface area contributed by atoms with Gasteiger partial charge in [0.05, 0.1) is 5.84 Å². The Balaban J connectivity index is 0. The Bertz CT molecular complexity index is 76.4. The zero-order valence-electron chi connectivity index (χ0n) is 4.74. The smallest absolute Gasteiger partial charge is 0.0946 e. The van der Waals surface area contributed by atoms with Gasteiger partial charge in [0.1, 0.15) is 0 Å². The summed E-state index contributed by atoms with van der Waals surface area (Å²) in [4.78, 5) is 0. The molecule has 0 spiro atoms. The van der Waals surface area contributed by atoms with Gasteiger partial charge in [0, 0.05) is 11.8 Å². The maximum atomic E-state index is 6.79. The number of rotatable bonds is 2. The predicted molar refractivity (Wildman–Crippen MR) is 35.4 cm³/mol. The summed E-state index contributed by atoms with van der Waals surface area (Å²) < 4.78 is 0. The van der Waals surface area contributed by atoms with Crippen molar-refractivity contribution < 1.29 is 5.48 Å². The summed E-state index contributed by atoms with van der Waals surface area (Å²) in [6, 6.07) is 0. The van der Waals surface area contributed by atoms with Gasteiger partial charge in [0.25, 0.3) is 0 Å². The standard InChI is InChI=1S/C4H9ClN2.H2O/c1-3(2-5)4(6)7;/h3H,2H2,1H3,(H3,6,7);1H2. The van der Waals surface area contributed by atoms with Gasteiger partial charge < -0.3 is 11.2 Å². The van der Waals surface area contributed by atoms with Gasteiger partial charge in [-0.25, -0.2) is 0 Å². The van der Waals surface area contributed by atoms with Crippen molar-refractivity contribution in [1.82, 2.24) is 0 Å². The van der Waals surface area contributed by atoms with Crippen molar-refractivity contribution in [2.75, 3.05) is 5.88 Å². The fourth-order valence-electron chi connectivity index (χ4n) is 0.0831. The second-order valence-electron chi connectivity index (χ2n) is 1.51. The van der Waals surface area contributed by atoms with E-state index in [0.29, 0.717) is 5.88 Å². The maximum Gasteiger partial charge on any atom is 0.0946 e.